The first-order chi connectivity index (χ1) is 11.4. The van der Waals surface area contributed by atoms with E-state index in [2.05, 4.69) is 5.32 Å². The first kappa shape index (κ1) is 18.3. The van der Waals surface area contributed by atoms with Crippen molar-refractivity contribution in [1.29, 1.82) is 0 Å². The zero-order chi connectivity index (χ0) is 17.6. The molecule has 1 heterocycles. The van der Waals surface area contributed by atoms with Crippen molar-refractivity contribution in [2.75, 3.05) is 19.8 Å². The number of carbonyl (C=O) groups excluding carboxylic acids is 1. The summed E-state index contributed by atoms with van der Waals surface area (Å²) in [5, 5.41) is 11.8. The summed E-state index contributed by atoms with van der Waals surface area (Å²) in [6.45, 7) is 5.04. The van der Waals surface area contributed by atoms with Gasteiger partial charge in [0.25, 0.3) is 5.91 Å². The van der Waals surface area contributed by atoms with Gasteiger partial charge >= 0.3 is 5.97 Å². The Balaban J connectivity index is 1.81. The summed E-state index contributed by atoms with van der Waals surface area (Å²) < 4.78 is 11.2. The molecule has 1 saturated heterocycles. The Labute approximate surface area is 142 Å². The number of ether oxygens (including phenoxy) is 2. The third-order valence-electron chi connectivity index (χ3n) is 4.20. The van der Waals surface area contributed by atoms with E-state index in [9.17, 15) is 9.59 Å². The minimum atomic E-state index is -0.869. The molecule has 0 atom stereocenters. The van der Waals surface area contributed by atoms with Gasteiger partial charge in [0.2, 0.25) is 0 Å². The lowest BCUT2D eigenvalue weighted by molar-refractivity contribution is -0.147. The van der Waals surface area contributed by atoms with Crippen LogP contribution in [0.1, 0.15) is 43.5 Å². The van der Waals surface area contributed by atoms with E-state index in [0.717, 1.165) is 31.8 Å². The van der Waals surface area contributed by atoms with Crippen molar-refractivity contribution in [2.45, 2.75) is 39.2 Å². The number of carboxylic acid groups (broad SMARTS) is 1. The third kappa shape index (κ3) is 5.23. The van der Waals surface area contributed by atoms with Crippen LogP contribution in [-0.2, 0) is 9.53 Å². The maximum atomic E-state index is 12.1. The second kappa shape index (κ2) is 8.15. The maximum Gasteiger partial charge on any atom is 0.309 e. The van der Waals surface area contributed by atoms with E-state index in [0.29, 0.717) is 18.5 Å². The van der Waals surface area contributed by atoms with Crippen LogP contribution in [0.5, 0.6) is 5.75 Å². The third-order valence-corrected chi connectivity index (χ3v) is 4.20. The second-order valence-electron chi connectivity index (χ2n) is 6.65. The normalized spacial score (nSPS) is 15.8. The monoisotopic (exact) mass is 335 g/mol. The highest BCUT2D eigenvalue weighted by Crippen LogP contribution is 2.20. The number of aliphatic carboxylic acids is 1. The molecule has 1 fully saturated rings. The van der Waals surface area contributed by atoms with E-state index in [1.807, 2.05) is 0 Å². The summed E-state index contributed by atoms with van der Waals surface area (Å²) in [6.07, 6.45) is 2.29. The SMILES string of the molecule is CC(C)(CCNC(=O)c1ccc(OC2CCOCC2)cc1)C(=O)O. The minimum Gasteiger partial charge on any atom is -0.490 e. The lowest BCUT2D eigenvalue weighted by Crippen LogP contribution is -2.31. The molecule has 2 N–H and O–H groups in total. The summed E-state index contributed by atoms with van der Waals surface area (Å²) >= 11 is 0. The molecule has 6 heteroatoms. The molecule has 0 unspecified atom stereocenters. The first-order valence-electron chi connectivity index (χ1n) is 8.24. The van der Waals surface area contributed by atoms with Crippen molar-refractivity contribution in [3.63, 3.8) is 0 Å². The largest absolute Gasteiger partial charge is 0.490 e. The van der Waals surface area contributed by atoms with Crippen LogP contribution in [0.3, 0.4) is 0 Å². The summed E-state index contributed by atoms with van der Waals surface area (Å²) in [5.41, 5.74) is -0.322. The first-order valence-corrected chi connectivity index (χ1v) is 8.24. The van der Waals surface area contributed by atoms with Crippen molar-refractivity contribution in [3.05, 3.63) is 29.8 Å². The highest BCUT2D eigenvalue weighted by atomic mass is 16.5. The van der Waals surface area contributed by atoms with Gasteiger partial charge in [0, 0.05) is 24.9 Å². The molecule has 2 rings (SSSR count). The Hall–Kier alpha value is -2.08. The molecule has 1 aliphatic rings. The highest BCUT2D eigenvalue weighted by molar-refractivity contribution is 5.94. The molecule has 1 aromatic rings. The number of nitrogens with one attached hydrogen (secondary N) is 1. The zero-order valence-electron chi connectivity index (χ0n) is 14.2. The number of hydrogen-bond donors (Lipinski definition) is 2. The Bertz CT molecular complexity index is 561. The van der Waals surface area contributed by atoms with Gasteiger partial charge in [-0.1, -0.05) is 0 Å². The topological polar surface area (TPSA) is 84.9 Å². The molecule has 1 amide bonds. The minimum absolute atomic E-state index is 0.164. The molecule has 0 radical (unpaired) electrons. The van der Waals surface area contributed by atoms with Gasteiger partial charge in [0.15, 0.2) is 0 Å². The number of hydrogen-bond acceptors (Lipinski definition) is 4. The van der Waals surface area contributed by atoms with E-state index in [1.165, 1.54) is 0 Å². The van der Waals surface area contributed by atoms with Crippen LogP contribution in [0, 0.1) is 5.41 Å². The van der Waals surface area contributed by atoms with E-state index >= 15 is 0 Å². The fourth-order valence-corrected chi connectivity index (χ4v) is 2.37. The lowest BCUT2D eigenvalue weighted by atomic mass is 9.90. The fraction of sp³-hybridized carbons (Fsp3) is 0.556. The van der Waals surface area contributed by atoms with Gasteiger partial charge in [0.05, 0.1) is 18.6 Å². The average Bonchev–Trinajstić information content (AvgIpc) is 2.56. The fourth-order valence-electron chi connectivity index (χ4n) is 2.37. The number of carboxylic acids is 1. The predicted molar refractivity (Wildman–Crippen MR) is 89.3 cm³/mol. The Kier molecular flexibility index (Phi) is 6.20. The number of benzene rings is 1. The number of amides is 1. The smallest absolute Gasteiger partial charge is 0.309 e. The summed E-state index contributed by atoms with van der Waals surface area (Å²) in [5.74, 6) is -0.342. The zero-order valence-corrected chi connectivity index (χ0v) is 14.2. The van der Waals surface area contributed by atoms with Gasteiger partial charge in [-0.05, 0) is 44.5 Å². The summed E-state index contributed by atoms with van der Waals surface area (Å²) in [4.78, 5) is 23.1. The molecule has 0 aromatic heterocycles. The van der Waals surface area contributed by atoms with Gasteiger partial charge in [-0.3, -0.25) is 9.59 Å². The van der Waals surface area contributed by atoms with Gasteiger partial charge in [-0.2, -0.15) is 0 Å². The molecule has 1 aliphatic heterocycles. The maximum absolute atomic E-state index is 12.1. The van der Waals surface area contributed by atoms with Gasteiger partial charge in [-0.25, -0.2) is 0 Å². The number of carbonyl (C=O) groups is 2. The molecule has 6 nitrogen and oxygen atoms in total. The van der Waals surface area contributed by atoms with E-state index in [4.69, 9.17) is 14.6 Å². The van der Waals surface area contributed by atoms with E-state index in [1.54, 1.807) is 38.1 Å². The highest BCUT2D eigenvalue weighted by Gasteiger charge is 2.26. The van der Waals surface area contributed by atoms with Crippen molar-refractivity contribution in [3.8, 4) is 5.75 Å². The van der Waals surface area contributed by atoms with Gasteiger partial charge in [-0.15, -0.1) is 0 Å². The molecule has 0 bridgehead atoms. The van der Waals surface area contributed by atoms with Crippen LogP contribution in [0.15, 0.2) is 24.3 Å². The lowest BCUT2D eigenvalue weighted by Gasteiger charge is -2.23. The van der Waals surface area contributed by atoms with Crippen molar-refractivity contribution in [2.24, 2.45) is 5.41 Å². The van der Waals surface area contributed by atoms with Crippen LogP contribution < -0.4 is 10.1 Å². The Morgan fingerprint density at radius 1 is 1.25 bits per heavy atom. The van der Waals surface area contributed by atoms with Crippen molar-refractivity contribution < 1.29 is 24.2 Å². The van der Waals surface area contributed by atoms with Crippen molar-refractivity contribution in [1.82, 2.24) is 5.32 Å². The molecule has 0 spiro atoms. The van der Waals surface area contributed by atoms with Crippen LogP contribution >= 0.6 is 0 Å². The van der Waals surface area contributed by atoms with E-state index in [-0.39, 0.29) is 12.0 Å². The van der Waals surface area contributed by atoms with Crippen LogP contribution in [0.25, 0.3) is 0 Å². The van der Waals surface area contributed by atoms with Crippen LogP contribution in [0.4, 0.5) is 0 Å². The second-order valence-corrected chi connectivity index (χ2v) is 6.65. The molecule has 0 saturated carbocycles. The molecule has 132 valence electrons. The van der Waals surface area contributed by atoms with Crippen LogP contribution in [-0.4, -0.2) is 42.8 Å². The average molecular weight is 335 g/mol. The standard InChI is InChI=1S/C18H25NO5/c1-18(2,17(21)22)9-10-19-16(20)13-3-5-14(6-4-13)24-15-7-11-23-12-8-15/h3-6,15H,7-12H2,1-2H3,(H,19,20)(H,21,22). The quantitative estimate of drug-likeness (QED) is 0.799. The predicted octanol–water partition coefficient (Wildman–Crippen LogP) is 2.48. The van der Waals surface area contributed by atoms with E-state index < -0.39 is 11.4 Å². The van der Waals surface area contributed by atoms with Gasteiger partial charge in [0.1, 0.15) is 11.9 Å². The molecule has 24 heavy (non-hydrogen) atoms. The Morgan fingerprint density at radius 2 is 1.88 bits per heavy atom. The molecule has 1 aromatic carbocycles. The summed E-state index contributed by atoms with van der Waals surface area (Å²) in [6, 6.07) is 7.00. The summed E-state index contributed by atoms with van der Waals surface area (Å²) in [7, 11) is 0. The van der Waals surface area contributed by atoms with Gasteiger partial charge < -0.3 is 19.9 Å². The molecule has 0 aliphatic carbocycles. The molecular weight excluding hydrogens is 310 g/mol. The Morgan fingerprint density at radius 3 is 2.46 bits per heavy atom. The van der Waals surface area contributed by atoms with Crippen molar-refractivity contribution >= 4 is 11.9 Å². The molecular formula is C18H25NO5. The van der Waals surface area contributed by atoms with Crippen LogP contribution in [0.2, 0.25) is 0 Å². The number of rotatable bonds is 7.